The Bertz CT molecular complexity index is 215. The summed E-state index contributed by atoms with van der Waals surface area (Å²) in [5, 5.41) is 3.73. The molecule has 19 heavy (non-hydrogen) atoms. The summed E-state index contributed by atoms with van der Waals surface area (Å²) in [5.41, 5.74) is 0. The largest absolute Gasteiger partial charge is 0.383 e. The van der Waals surface area contributed by atoms with E-state index in [-0.39, 0.29) is 0 Å². The summed E-state index contributed by atoms with van der Waals surface area (Å²) < 4.78 is 5.25. The highest BCUT2D eigenvalue weighted by Gasteiger charge is 2.25. The quantitative estimate of drug-likeness (QED) is 0.697. The van der Waals surface area contributed by atoms with Crippen LogP contribution in [0.1, 0.15) is 52.9 Å². The van der Waals surface area contributed by atoms with E-state index in [1.54, 1.807) is 7.11 Å². The first kappa shape index (κ1) is 16.9. The molecule has 1 fully saturated rings. The maximum Gasteiger partial charge on any atom is 0.0589 e. The lowest BCUT2D eigenvalue weighted by Crippen LogP contribution is -2.49. The number of nitrogens with one attached hydrogen (secondary N) is 1. The minimum atomic E-state index is 0.597. The van der Waals surface area contributed by atoms with E-state index < -0.39 is 0 Å². The number of rotatable bonds is 9. The third kappa shape index (κ3) is 6.24. The van der Waals surface area contributed by atoms with E-state index in [1.165, 1.54) is 38.6 Å². The van der Waals surface area contributed by atoms with Gasteiger partial charge < -0.3 is 10.1 Å². The zero-order valence-electron chi connectivity index (χ0n) is 13.5. The summed E-state index contributed by atoms with van der Waals surface area (Å²) >= 11 is 0. The first-order valence-electron chi connectivity index (χ1n) is 8.15. The van der Waals surface area contributed by atoms with Gasteiger partial charge in [0.15, 0.2) is 0 Å². The molecule has 1 atom stereocenters. The molecular formula is C16H34N2O. The number of hydrogen-bond acceptors (Lipinski definition) is 3. The van der Waals surface area contributed by atoms with Gasteiger partial charge in [0.25, 0.3) is 0 Å². The van der Waals surface area contributed by atoms with Crippen molar-refractivity contribution < 1.29 is 4.74 Å². The third-order valence-corrected chi connectivity index (χ3v) is 4.43. The predicted molar refractivity (Wildman–Crippen MR) is 82.6 cm³/mol. The minimum absolute atomic E-state index is 0.597. The van der Waals surface area contributed by atoms with Crippen molar-refractivity contribution in [3.8, 4) is 0 Å². The molecule has 0 aromatic rings. The maximum absolute atomic E-state index is 5.25. The Morgan fingerprint density at radius 2 is 1.89 bits per heavy atom. The topological polar surface area (TPSA) is 24.5 Å². The van der Waals surface area contributed by atoms with Crippen molar-refractivity contribution in [2.24, 2.45) is 5.92 Å². The van der Waals surface area contributed by atoms with Gasteiger partial charge in [0, 0.05) is 32.3 Å². The van der Waals surface area contributed by atoms with Crippen LogP contribution < -0.4 is 5.32 Å². The molecule has 1 unspecified atom stereocenters. The highest BCUT2D eigenvalue weighted by molar-refractivity contribution is 4.83. The van der Waals surface area contributed by atoms with E-state index in [0.717, 1.165) is 25.6 Å². The minimum Gasteiger partial charge on any atom is -0.383 e. The van der Waals surface area contributed by atoms with Crippen LogP contribution in [0.2, 0.25) is 0 Å². The molecule has 0 bridgehead atoms. The van der Waals surface area contributed by atoms with Gasteiger partial charge in [-0.2, -0.15) is 0 Å². The van der Waals surface area contributed by atoms with Crippen LogP contribution in [0.15, 0.2) is 0 Å². The molecule has 0 heterocycles. The third-order valence-electron chi connectivity index (χ3n) is 4.43. The first-order chi connectivity index (χ1) is 9.19. The summed E-state index contributed by atoms with van der Waals surface area (Å²) in [5.74, 6) is 0.873. The number of nitrogens with zero attached hydrogens (tertiary/aromatic N) is 1. The van der Waals surface area contributed by atoms with E-state index in [4.69, 9.17) is 4.74 Å². The average Bonchev–Trinajstić information content (AvgIpc) is 2.43. The van der Waals surface area contributed by atoms with Crippen LogP contribution in [0.3, 0.4) is 0 Å². The predicted octanol–water partition coefficient (Wildman–Crippen LogP) is 2.90. The Balaban J connectivity index is 2.52. The number of likely N-dealkylation sites (N-methyl/N-ethyl adjacent to an activating group) is 1. The van der Waals surface area contributed by atoms with Crippen molar-refractivity contribution in [3.05, 3.63) is 0 Å². The molecule has 3 nitrogen and oxygen atoms in total. The molecule has 0 aromatic heterocycles. The van der Waals surface area contributed by atoms with E-state index in [9.17, 15) is 0 Å². The van der Waals surface area contributed by atoms with Gasteiger partial charge in [0.1, 0.15) is 0 Å². The number of hydrogen-bond donors (Lipinski definition) is 1. The van der Waals surface area contributed by atoms with Crippen LogP contribution in [0.25, 0.3) is 0 Å². The highest BCUT2D eigenvalue weighted by Crippen LogP contribution is 2.27. The monoisotopic (exact) mass is 270 g/mol. The van der Waals surface area contributed by atoms with Crippen LogP contribution in [0.4, 0.5) is 0 Å². The van der Waals surface area contributed by atoms with Crippen LogP contribution in [-0.2, 0) is 4.74 Å². The molecule has 3 heteroatoms. The molecule has 0 saturated heterocycles. The summed E-state index contributed by atoms with van der Waals surface area (Å²) in [6, 6.07) is 1.25. The summed E-state index contributed by atoms with van der Waals surface area (Å²) in [7, 11) is 1.79. The van der Waals surface area contributed by atoms with Crippen molar-refractivity contribution in [2.45, 2.75) is 65.0 Å². The van der Waals surface area contributed by atoms with Crippen molar-refractivity contribution >= 4 is 0 Å². The molecular weight excluding hydrogens is 236 g/mol. The molecule has 1 aliphatic carbocycles. The fourth-order valence-electron chi connectivity index (χ4n) is 3.20. The fourth-order valence-corrected chi connectivity index (χ4v) is 3.20. The second kappa shape index (κ2) is 9.73. The van der Waals surface area contributed by atoms with Gasteiger partial charge in [0.2, 0.25) is 0 Å². The average molecular weight is 270 g/mol. The molecule has 1 rings (SSSR count). The van der Waals surface area contributed by atoms with Crippen LogP contribution >= 0.6 is 0 Å². The Labute approximate surface area is 120 Å². The molecule has 1 saturated carbocycles. The maximum atomic E-state index is 5.25. The second-order valence-electron chi connectivity index (χ2n) is 6.14. The van der Waals surface area contributed by atoms with Gasteiger partial charge >= 0.3 is 0 Å². The lowest BCUT2D eigenvalue weighted by molar-refractivity contribution is 0.108. The van der Waals surface area contributed by atoms with Crippen molar-refractivity contribution in [3.63, 3.8) is 0 Å². The van der Waals surface area contributed by atoms with Crippen molar-refractivity contribution in [1.82, 2.24) is 10.2 Å². The number of ether oxygens (including phenoxy) is 1. The zero-order valence-corrected chi connectivity index (χ0v) is 13.5. The van der Waals surface area contributed by atoms with Gasteiger partial charge in [-0.25, -0.2) is 0 Å². The van der Waals surface area contributed by atoms with Gasteiger partial charge in [-0.3, -0.25) is 4.90 Å². The molecule has 0 spiro atoms. The standard InChI is InChI=1S/C16H34N2O/c1-5-17-16(15-9-7-6-8-10-15)13-18(14(2)3)11-12-19-4/h14-17H,5-13H2,1-4H3. The lowest BCUT2D eigenvalue weighted by Gasteiger charge is -2.36. The molecule has 1 aliphatic rings. The summed E-state index contributed by atoms with van der Waals surface area (Å²) in [6.07, 6.45) is 7.10. The van der Waals surface area contributed by atoms with E-state index in [0.29, 0.717) is 12.1 Å². The molecule has 0 radical (unpaired) electrons. The molecule has 114 valence electrons. The van der Waals surface area contributed by atoms with Crippen LogP contribution in [0, 0.1) is 5.92 Å². The lowest BCUT2D eigenvalue weighted by atomic mass is 9.83. The van der Waals surface area contributed by atoms with Crippen molar-refractivity contribution in [1.29, 1.82) is 0 Å². The SMILES string of the molecule is CCNC(CN(CCOC)C(C)C)C1CCCCC1. The smallest absolute Gasteiger partial charge is 0.0589 e. The van der Waals surface area contributed by atoms with E-state index in [1.807, 2.05) is 0 Å². The molecule has 1 N–H and O–H groups in total. The number of methoxy groups -OCH3 is 1. The molecule has 0 aromatic carbocycles. The Kier molecular flexibility index (Phi) is 8.67. The first-order valence-corrected chi connectivity index (χ1v) is 8.15. The fraction of sp³-hybridized carbons (Fsp3) is 1.00. The van der Waals surface area contributed by atoms with Gasteiger partial charge in [-0.1, -0.05) is 26.2 Å². The highest BCUT2D eigenvalue weighted by atomic mass is 16.5. The Morgan fingerprint density at radius 1 is 1.21 bits per heavy atom. The second-order valence-corrected chi connectivity index (χ2v) is 6.14. The summed E-state index contributed by atoms with van der Waals surface area (Å²) in [6.45, 7) is 10.9. The van der Waals surface area contributed by atoms with E-state index >= 15 is 0 Å². The Morgan fingerprint density at radius 3 is 2.42 bits per heavy atom. The summed E-state index contributed by atoms with van der Waals surface area (Å²) in [4.78, 5) is 2.56. The zero-order chi connectivity index (χ0) is 14.1. The normalized spacial score (nSPS) is 19.3. The Hall–Kier alpha value is -0.120. The van der Waals surface area contributed by atoms with Gasteiger partial charge in [0.05, 0.1) is 6.61 Å². The van der Waals surface area contributed by atoms with E-state index in [2.05, 4.69) is 31.0 Å². The van der Waals surface area contributed by atoms with Gasteiger partial charge in [-0.15, -0.1) is 0 Å². The van der Waals surface area contributed by atoms with Crippen LogP contribution in [-0.4, -0.2) is 50.3 Å². The van der Waals surface area contributed by atoms with Gasteiger partial charge in [-0.05, 0) is 39.2 Å². The molecule has 0 aliphatic heterocycles. The molecule has 0 amide bonds. The van der Waals surface area contributed by atoms with Crippen LogP contribution in [0.5, 0.6) is 0 Å². The van der Waals surface area contributed by atoms with Crippen molar-refractivity contribution in [2.75, 3.05) is 33.4 Å².